The second-order valence-electron chi connectivity index (χ2n) is 3.92. The van der Waals surface area contributed by atoms with Crippen molar-refractivity contribution in [2.24, 2.45) is 0 Å². The highest BCUT2D eigenvalue weighted by Crippen LogP contribution is 2.25. The number of carboxylic acid groups (broad SMARTS) is 1. The average Bonchev–Trinajstić information content (AvgIpc) is 2.38. The highest BCUT2D eigenvalue weighted by atomic mass is 79.9. The second kappa shape index (κ2) is 8.08. The Morgan fingerprint density at radius 2 is 2.20 bits per heavy atom. The Bertz CT molecular complexity index is 498. The van der Waals surface area contributed by atoms with Crippen molar-refractivity contribution in [1.82, 2.24) is 5.32 Å². The standard InChI is InChI=1S/C12H14BrClN2O4/c1-20-8(5-11(17)18)6-15-12(19)16-7-2-3-10(14)9(13)4-7/h2-4,8H,5-6H2,1H3,(H,17,18)(H2,15,16,19). The van der Waals surface area contributed by atoms with E-state index in [0.29, 0.717) is 15.2 Å². The predicted octanol–water partition coefficient (Wildman–Crippen LogP) is 2.71. The van der Waals surface area contributed by atoms with Gasteiger partial charge < -0.3 is 20.5 Å². The van der Waals surface area contributed by atoms with Gasteiger partial charge in [-0.05, 0) is 34.1 Å². The van der Waals surface area contributed by atoms with Crippen LogP contribution in [0.2, 0.25) is 5.02 Å². The fourth-order valence-corrected chi connectivity index (χ4v) is 1.89. The van der Waals surface area contributed by atoms with Crippen LogP contribution >= 0.6 is 27.5 Å². The Labute approximate surface area is 129 Å². The van der Waals surface area contributed by atoms with E-state index < -0.39 is 18.1 Å². The molecule has 0 aliphatic heterocycles. The van der Waals surface area contributed by atoms with E-state index in [4.69, 9.17) is 21.4 Å². The molecule has 8 heteroatoms. The van der Waals surface area contributed by atoms with Gasteiger partial charge in [0.2, 0.25) is 0 Å². The number of aliphatic carboxylic acids is 1. The molecule has 0 saturated heterocycles. The van der Waals surface area contributed by atoms with Crippen molar-refractivity contribution >= 4 is 45.2 Å². The number of urea groups is 1. The van der Waals surface area contributed by atoms with E-state index in [-0.39, 0.29) is 13.0 Å². The zero-order valence-electron chi connectivity index (χ0n) is 10.7. The van der Waals surface area contributed by atoms with E-state index in [2.05, 4.69) is 26.6 Å². The van der Waals surface area contributed by atoms with Crippen LogP contribution in [0.5, 0.6) is 0 Å². The molecule has 1 rings (SSSR count). The second-order valence-corrected chi connectivity index (χ2v) is 5.18. The van der Waals surface area contributed by atoms with Gasteiger partial charge in [-0.2, -0.15) is 0 Å². The Morgan fingerprint density at radius 3 is 2.75 bits per heavy atom. The SMILES string of the molecule is COC(CNC(=O)Nc1ccc(Cl)c(Br)c1)CC(=O)O. The van der Waals surface area contributed by atoms with E-state index in [0.717, 1.165) is 0 Å². The van der Waals surface area contributed by atoms with E-state index in [1.165, 1.54) is 7.11 Å². The smallest absolute Gasteiger partial charge is 0.319 e. The first-order valence-electron chi connectivity index (χ1n) is 5.67. The van der Waals surface area contributed by atoms with Crippen molar-refractivity contribution in [2.75, 3.05) is 19.0 Å². The number of carboxylic acids is 1. The monoisotopic (exact) mass is 364 g/mol. The van der Waals surface area contributed by atoms with Gasteiger partial charge in [0.05, 0.1) is 17.5 Å². The topological polar surface area (TPSA) is 87.7 Å². The summed E-state index contributed by atoms with van der Waals surface area (Å²) >= 11 is 9.09. The number of amides is 2. The summed E-state index contributed by atoms with van der Waals surface area (Å²) in [5.41, 5.74) is 0.561. The van der Waals surface area contributed by atoms with E-state index in [1.807, 2.05) is 0 Å². The highest BCUT2D eigenvalue weighted by molar-refractivity contribution is 9.10. The van der Waals surface area contributed by atoms with E-state index in [1.54, 1.807) is 18.2 Å². The molecule has 0 aliphatic carbocycles. The van der Waals surface area contributed by atoms with Crippen molar-refractivity contribution in [2.45, 2.75) is 12.5 Å². The Balaban J connectivity index is 2.46. The highest BCUT2D eigenvalue weighted by Gasteiger charge is 2.13. The molecule has 2 amide bonds. The number of carbonyl (C=O) groups excluding carboxylic acids is 1. The van der Waals surface area contributed by atoms with Crippen molar-refractivity contribution in [3.8, 4) is 0 Å². The number of rotatable bonds is 6. The molecule has 0 radical (unpaired) electrons. The van der Waals surface area contributed by atoms with Crippen molar-refractivity contribution < 1.29 is 19.4 Å². The number of halogens is 2. The first kappa shape index (κ1) is 16.7. The lowest BCUT2D eigenvalue weighted by Crippen LogP contribution is -2.37. The maximum atomic E-state index is 11.6. The minimum Gasteiger partial charge on any atom is -0.481 e. The van der Waals surface area contributed by atoms with Crippen molar-refractivity contribution in [3.05, 3.63) is 27.7 Å². The number of nitrogens with one attached hydrogen (secondary N) is 2. The van der Waals surface area contributed by atoms with Gasteiger partial charge in [0.25, 0.3) is 0 Å². The fourth-order valence-electron chi connectivity index (χ4n) is 1.39. The fraction of sp³-hybridized carbons (Fsp3) is 0.333. The summed E-state index contributed by atoms with van der Waals surface area (Å²) in [5.74, 6) is -0.985. The van der Waals surface area contributed by atoms with Gasteiger partial charge in [-0.3, -0.25) is 4.79 Å². The molecule has 1 unspecified atom stereocenters. The van der Waals surface area contributed by atoms with Crippen LogP contribution in [0.4, 0.5) is 10.5 Å². The molecular formula is C12H14BrClN2O4. The minimum absolute atomic E-state index is 0.101. The molecule has 1 aromatic rings. The molecule has 110 valence electrons. The lowest BCUT2D eigenvalue weighted by molar-refractivity contribution is -0.139. The Kier molecular flexibility index (Phi) is 6.77. The number of benzene rings is 1. The normalized spacial score (nSPS) is 11.8. The molecule has 0 aliphatic rings. The zero-order chi connectivity index (χ0) is 15.1. The van der Waals surface area contributed by atoms with Gasteiger partial charge in [0.1, 0.15) is 0 Å². The summed E-state index contributed by atoms with van der Waals surface area (Å²) in [6.45, 7) is 0.101. The minimum atomic E-state index is -0.985. The van der Waals surface area contributed by atoms with Gasteiger partial charge >= 0.3 is 12.0 Å². The van der Waals surface area contributed by atoms with Gasteiger partial charge in [-0.25, -0.2) is 4.79 Å². The molecule has 20 heavy (non-hydrogen) atoms. The Morgan fingerprint density at radius 1 is 1.50 bits per heavy atom. The maximum Gasteiger partial charge on any atom is 0.319 e. The van der Waals surface area contributed by atoms with E-state index >= 15 is 0 Å². The number of anilines is 1. The van der Waals surface area contributed by atoms with Gasteiger partial charge in [-0.1, -0.05) is 11.6 Å². The largest absolute Gasteiger partial charge is 0.481 e. The molecule has 0 bridgehead atoms. The van der Waals surface area contributed by atoms with Crippen LogP contribution in [0.3, 0.4) is 0 Å². The zero-order valence-corrected chi connectivity index (χ0v) is 13.0. The molecule has 0 spiro atoms. The van der Waals surface area contributed by atoms with Crippen LogP contribution in [0, 0.1) is 0 Å². The third-order valence-electron chi connectivity index (χ3n) is 2.40. The maximum absolute atomic E-state index is 11.6. The van der Waals surface area contributed by atoms with Crippen molar-refractivity contribution in [1.29, 1.82) is 0 Å². The molecule has 0 heterocycles. The summed E-state index contributed by atoms with van der Waals surface area (Å²) in [5, 5.41) is 14.3. The summed E-state index contributed by atoms with van der Waals surface area (Å²) in [6.07, 6.45) is -0.751. The van der Waals surface area contributed by atoms with Crippen LogP contribution in [-0.2, 0) is 9.53 Å². The number of methoxy groups -OCH3 is 1. The molecule has 0 aromatic heterocycles. The summed E-state index contributed by atoms with van der Waals surface area (Å²) in [6, 6.07) is 4.50. The van der Waals surface area contributed by atoms with Gasteiger partial charge in [-0.15, -0.1) is 0 Å². The first-order valence-corrected chi connectivity index (χ1v) is 6.84. The van der Waals surface area contributed by atoms with Crippen LogP contribution in [0.1, 0.15) is 6.42 Å². The van der Waals surface area contributed by atoms with Crippen LogP contribution in [0.25, 0.3) is 0 Å². The average molecular weight is 366 g/mol. The molecular weight excluding hydrogens is 351 g/mol. The summed E-state index contributed by atoms with van der Waals surface area (Å²) < 4.78 is 5.61. The molecule has 1 atom stereocenters. The lowest BCUT2D eigenvalue weighted by Gasteiger charge is -2.14. The molecule has 3 N–H and O–H groups in total. The molecule has 0 fully saturated rings. The van der Waals surface area contributed by atoms with Crippen LogP contribution in [0.15, 0.2) is 22.7 Å². The lowest BCUT2D eigenvalue weighted by atomic mass is 10.2. The third-order valence-corrected chi connectivity index (χ3v) is 3.62. The predicted molar refractivity (Wildman–Crippen MR) is 79.2 cm³/mol. The Hall–Kier alpha value is -1.31. The van der Waals surface area contributed by atoms with Gasteiger partial charge in [0.15, 0.2) is 0 Å². The summed E-state index contributed by atoms with van der Waals surface area (Å²) in [4.78, 5) is 22.2. The van der Waals surface area contributed by atoms with Crippen molar-refractivity contribution in [3.63, 3.8) is 0 Å². The van der Waals surface area contributed by atoms with Crippen LogP contribution < -0.4 is 10.6 Å². The summed E-state index contributed by atoms with van der Waals surface area (Å²) in [7, 11) is 1.39. The third kappa shape index (κ3) is 5.77. The van der Waals surface area contributed by atoms with Gasteiger partial charge in [0, 0.05) is 23.8 Å². The van der Waals surface area contributed by atoms with E-state index in [9.17, 15) is 9.59 Å². The molecule has 6 nitrogen and oxygen atoms in total. The first-order chi connectivity index (χ1) is 9.42. The number of carbonyl (C=O) groups is 2. The number of hydrogen-bond acceptors (Lipinski definition) is 3. The molecule has 0 saturated carbocycles. The number of ether oxygens (including phenoxy) is 1. The quantitative estimate of drug-likeness (QED) is 0.723. The van der Waals surface area contributed by atoms with Crippen LogP contribution in [-0.4, -0.2) is 36.9 Å². The molecule has 1 aromatic carbocycles. The number of hydrogen-bond donors (Lipinski definition) is 3.